The number of hydrogen-bond donors (Lipinski definition) is 3. The number of aliphatic hydroxyl groups excluding tert-OH is 1. The zero-order valence-electron chi connectivity index (χ0n) is 16.8. The summed E-state index contributed by atoms with van der Waals surface area (Å²) in [6.45, 7) is 1.90. The van der Waals surface area contributed by atoms with Crippen LogP contribution in [0.4, 0.5) is 0 Å². The monoisotopic (exact) mass is 428 g/mol. The van der Waals surface area contributed by atoms with Crippen molar-refractivity contribution in [3.8, 4) is 5.88 Å². The number of carboxylic acid groups (broad SMARTS) is 1. The topological polar surface area (TPSA) is 101 Å². The number of ether oxygens (including phenoxy) is 2. The second-order valence-electron chi connectivity index (χ2n) is 7.82. The molecule has 1 aromatic rings. The van der Waals surface area contributed by atoms with E-state index in [1.54, 1.807) is 0 Å². The van der Waals surface area contributed by atoms with Gasteiger partial charge in [0.2, 0.25) is 5.88 Å². The first-order valence-corrected chi connectivity index (χ1v) is 10.5. The highest BCUT2D eigenvalue weighted by Gasteiger charge is 2.27. The Morgan fingerprint density at radius 2 is 2.00 bits per heavy atom. The van der Waals surface area contributed by atoms with Crippen LogP contribution in [0.5, 0.6) is 5.88 Å². The smallest absolute Gasteiger partial charge is 0.303 e. The minimum atomic E-state index is -0.807. The molecule has 1 saturated carbocycles. The lowest BCUT2D eigenvalue weighted by atomic mass is 9.85. The molecule has 2 atom stereocenters. The van der Waals surface area contributed by atoms with Crippen molar-refractivity contribution >= 4 is 18.4 Å². The van der Waals surface area contributed by atoms with Gasteiger partial charge in [-0.1, -0.05) is 6.07 Å². The van der Waals surface area contributed by atoms with Gasteiger partial charge in [-0.3, -0.25) is 4.79 Å². The zero-order chi connectivity index (χ0) is 19.8. The molecule has 2 aliphatic rings. The summed E-state index contributed by atoms with van der Waals surface area (Å²) >= 11 is 0. The minimum absolute atomic E-state index is 0. The van der Waals surface area contributed by atoms with E-state index < -0.39 is 5.97 Å². The summed E-state index contributed by atoms with van der Waals surface area (Å²) in [6, 6.07) is 5.87. The van der Waals surface area contributed by atoms with Crippen molar-refractivity contribution in [3.05, 3.63) is 23.9 Å². The van der Waals surface area contributed by atoms with E-state index in [9.17, 15) is 9.90 Å². The van der Waals surface area contributed by atoms with Crippen molar-refractivity contribution in [2.24, 2.45) is 0 Å². The molecule has 1 aliphatic carbocycles. The highest BCUT2D eigenvalue weighted by molar-refractivity contribution is 5.85. The Morgan fingerprint density at radius 1 is 1.21 bits per heavy atom. The molecule has 0 unspecified atom stereocenters. The summed E-state index contributed by atoms with van der Waals surface area (Å²) in [4.78, 5) is 15.2. The highest BCUT2D eigenvalue weighted by atomic mass is 35.5. The average Bonchev–Trinajstić information content (AvgIpc) is 2.71. The van der Waals surface area contributed by atoms with Crippen LogP contribution in [-0.2, 0) is 9.53 Å². The zero-order valence-corrected chi connectivity index (χ0v) is 17.6. The number of carboxylic acids is 1. The van der Waals surface area contributed by atoms with Crippen LogP contribution in [-0.4, -0.2) is 59.2 Å². The van der Waals surface area contributed by atoms with Gasteiger partial charge in [0, 0.05) is 24.1 Å². The summed E-state index contributed by atoms with van der Waals surface area (Å²) in [5, 5.41) is 22.0. The number of hydrogen-bond acceptors (Lipinski definition) is 6. The van der Waals surface area contributed by atoms with Crippen LogP contribution < -0.4 is 10.1 Å². The predicted octanol–water partition coefficient (Wildman–Crippen LogP) is 2.90. The fourth-order valence-electron chi connectivity index (χ4n) is 4.01. The number of aliphatic carboxylic acids is 1. The molecule has 0 amide bonds. The maximum atomic E-state index is 10.6. The van der Waals surface area contributed by atoms with Crippen LogP contribution in [0, 0.1) is 0 Å². The van der Waals surface area contributed by atoms with Crippen LogP contribution >= 0.6 is 12.4 Å². The molecule has 29 heavy (non-hydrogen) atoms. The minimum Gasteiger partial charge on any atom is -0.481 e. The first kappa shape index (κ1) is 23.9. The highest BCUT2D eigenvalue weighted by Crippen LogP contribution is 2.34. The van der Waals surface area contributed by atoms with Gasteiger partial charge in [-0.15, -0.1) is 12.4 Å². The Balaban J connectivity index is 0.00000300. The van der Waals surface area contributed by atoms with E-state index in [2.05, 4.69) is 10.3 Å². The van der Waals surface area contributed by atoms with Gasteiger partial charge in [0.1, 0.15) is 0 Å². The molecule has 1 aromatic heterocycles. The standard InChI is InChI=1S/C21H32N2O5.ClH/c24-19-5-2-12-22-18(19)14-28-16-10-8-15(9-11-16)17-4-1-6-20(23-17)27-13-3-7-21(25)26;/h1,4,6,15-16,18-19,22,24H,2-3,5,7-14H2,(H,25,26);1H/t15?,16?,18-,19-;/m0./s1. The summed E-state index contributed by atoms with van der Waals surface area (Å²) in [6.07, 6.45) is 6.48. The largest absolute Gasteiger partial charge is 0.481 e. The van der Waals surface area contributed by atoms with Crippen LogP contribution in [0.1, 0.15) is 63.0 Å². The fraction of sp³-hybridized carbons (Fsp3) is 0.714. The molecule has 0 spiro atoms. The average molecular weight is 429 g/mol. The van der Waals surface area contributed by atoms with Crippen LogP contribution in [0.3, 0.4) is 0 Å². The van der Waals surface area contributed by atoms with E-state index in [0.29, 0.717) is 31.4 Å². The summed E-state index contributed by atoms with van der Waals surface area (Å²) in [5.41, 5.74) is 1.04. The lowest BCUT2D eigenvalue weighted by molar-refractivity contribution is -0.137. The molecule has 0 aromatic carbocycles. The molecule has 164 valence electrons. The van der Waals surface area contributed by atoms with E-state index in [0.717, 1.165) is 50.8 Å². The number of nitrogens with zero attached hydrogens (tertiary/aromatic N) is 1. The van der Waals surface area contributed by atoms with E-state index in [1.807, 2.05) is 18.2 Å². The molecule has 7 nitrogen and oxygen atoms in total. The number of halogens is 1. The number of rotatable bonds is 9. The van der Waals surface area contributed by atoms with E-state index in [1.165, 1.54) is 0 Å². The first-order chi connectivity index (χ1) is 13.6. The molecular formula is C21H33ClN2O5. The number of pyridine rings is 1. The van der Waals surface area contributed by atoms with Crippen LogP contribution in [0.2, 0.25) is 0 Å². The number of carbonyl (C=O) groups is 1. The van der Waals surface area contributed by atoms with E-state index in [4.69, 9.17) is 14.6 Å². The molecular weight excluding hydrogens is 396 g/mol. The van der Waals surface area contributed by atoms with E-state index >= 15 is 0 Å². The molecule has 1 aliphatic heterocycles. The van der Waals surface area contributed by atoms with Crippen molar-refractivity contribution in [2.75, 3.05) is 19.8 Å². The van der Waals surface area contributed by atoms with Gasteiger partial charge >= 0.3 is 5.97 Å². The molecule has 8 heteroatoms. The van der Waals surface area contributed by atoms with Crippen molar-refractivity contribution in [1.82, 2.24) is 10.3 Å². The Hall–Kier alpha value is -1.41. The van der Waals surface area contributed by atoms with Crippen molar-refractivity contribution in [3.63, 3.8) is 0 Å². The van der Waals surface area contributed by atoms with Gasteiger partial charge in [-0.25, -0.2) is 4.98 Å². The van der Waals surface area contributed by atoms with Gasteiger partial charge in [-0.2, -0.15) is 0 Å². The molecule has 3 N–H and O–H groups in total. The molecule has 1 saturated heterocycles. The lowest BCUT2D eigenvalue weighted by Gasteiger charge is -2.32. The Labute approximate surface area is 178 Å². The number of nitrogens with one attached hydrogen (secondary N) is 1. The van der Waals surface area contributed by atoms with Crippen molar-refractivity contribution < 1.29 is 24.5 Å². The third-order valence-corrected chi connectivity index (χ3v) is 5.68. The maximum absolute atomic E-state index is 10.6. The second kappa shape index (κ2) is 12.3. The van der Waals surface area contributed by atoms with Gasteiger partial charge in [0.15, 0.2) is 0 Å². The normalized spacial score (nSPS) is 27.1. The number of aromatic nitrogens is 1. The Kier molecular flexibility index (Phi) is 10.1. The van der Waals surface area contributed by atoms with Gasteiger partial charge in [-0.05, 0) is 57.6 Å². The second-order valence-corrected chi connectivity index (χ2v) is 7.82. The predicted molar refractivity (Wildman–Crippen MR) is 112 cm³/mol. The Morgan fingerprint density at radius 3 is 2.72 bits per heavy atom. The molecule has 2 heterocycles. The summed E-state index contributed by atoms with van der Waals surface area (Å²) < 4.78 is 11.7. The summed E-state index contributed by atoms with van der Waals surface area (Å²) in [5.74, 6) is 0.164. The SMILES string of the molecule is Cl.O=C(O)CCCOc1cccc(C2CCC(OC[C@@H]3NCCC[C@@H]3O)CC2)n1. The lowest BCUT2D eigenvalue weighted by Crippen LogP contribution is -2.48. The number of aliphatic hydroxyl groups is 1. The summed E-state index contributed by atoms with van der Waals surface area (Å²) in [7, 11) is 0. The third-order valence-electron chi connectivity index (χ3n) is 5.68. The van der Waals surface area contributed by atoms with Crippen molar-refractivity contribution in [2.45, 2.75) is 75.5 Å². The van der Waals surface area contributed by atoms with E-state index in [-0.39, 0.29) is 37.1 Å². The van der Waals surface area contributed by atoms with Crippen LogP contribution in [0.15, 0.2) is 18.2 Å². The van der Waals surface area contributed by atoms with Crippen LogP contribution in [0.25, 0.3) is 0 Å². The molecule has 0 bridgehead atoms. The van der Waals surface area contributed by atoms with Crippen molar-refractivity contribution in [1.29, 1.82) is 0 Å². The fourth-order valence-corrected chi connectivity index (χ4v) is 4.01. The quantitative estimate of drug-likeness (QED) is 0.520. The first-order valence-electron chi connectivity index (χ1n) is 10.5. The van der Waals surface area contributed by atoms with Gasteiger partial charge in [0.05, 0.1) is 31.5 Å². The molecule has 3 rings (SSSR count). The third kappa shape index (κ3) is 7.74. The number of piperidine rings is 1. The Bertz CT molecular complexity index is 625. The molecule has 2 fully saturated rings. The van der Waals surface area contributed by atoms with Gasteiger partial charge in [0.25, 0.3) is 0 Å². The van der Waals surface area contributed by atoms with Gasteiger partial charge < -0.3 is 25.0 Å². The maximum Gasteiger partial charge on any atom is 0.303 e. The molecule has 0 radical (unpaired) electrons.